The van der Waals surface area contributed by atoms with E-state index in [1.165, 1.54) is 33.3 Å². The Morgan fingerprint density at radius 2 is 2.06 bits per heavy atom. The first-order valence-corrected chi connectivity index (χ1v) is 7.11. The molecule has 0 saturated heterocycles. The Kier molecular flexibility index (Phi) is 3.13. The molecule has 0 radical (unpaired) electrons. The predicted octanol–water partition coefficient (Wildman–Crippen LogP) is 4.51. The van der Waals surface area contributed by atoms with Gasteiger partial charge in [-0.25, -0.2) is 0 Å². The van der Waals surface area contributed by atoms with Crippen LogP contribution in [-0.2, 0) is 6.42 Å². The molecule has 1 nitrogen and oxygen atoms in total. The molecule has 1 unspecified atom stereocenters. The second kappa shape index (κ2) is 4.77. The Morgan fingerprint density at radius 1 is 1.22 bits per heavy atom. The fraction of sp³-hybridized carbons (Fsp3) is 0.250. The molecule has 0 bridgehead atoms. The molecule has 0 aromatic heterocycles. The minimum atomic E-state index is 0.668. The average Bonchev–Trinajstić information content (AvgIpc) is 2.35. The Morgan fingerprint density at radius 3 is 2.83 bits per heavy atom. The van der Waals surface area contributed by atoms with Crippen molar-refractivity contribution < 1.29 is 0 Å². The summed E-state index contributed by atoms with van der Waals surface area (Å²) in [6.45, 7) is 3.13. The normalized spacial score (nSPS) is 16.9. The number of anilines is 1. The lowest BCUT2D eigenvalue weighted by atomic mass is 9.77. The Balaban J connectivity index is 1.65. The van der Waals surface area contributed by atoms with Crippen molar-refractivity contribution in [2.45, 2.75) is 19.3 Å². The van der Waals surface area contributed by atoms with Gasteiger partial charge in [0.2, 0.25) is 0 Å². The summed E-state index contributed by atoms with van der Waals surface area (Å²) in [5, 5.41) is 3.53. The van der Waals surface area contributed by atoms with Crippen molar-refractivity contribution in [3.05, 3.63) is 63.6 Å². The van der Waals surface area contributed by atoms with Crippen LogP contribution in [0, 0.1) is 6.92 Å². The number of benzene rings is 2. The molecule has 0 spiro atoms. The van der Waals surface area contributed by atoms with E-state index in [1.54, 1.807) is 0 Å². The summed E-state index contributed by atoms with van der Waals surface area (Å²) in [5.41, 5.74) is 5.48. The molecule has 0 saturated carbocycles. The van der Waals surface area contributed by atoms with Crippen molar-refractivity contribution in [2.24, 2.45) is 0 Å². The highest BCUT2D eigenvalue weighted by Crippen LogP contribution is 2.34. The minimum Gasteiger partial charge on any atom is -0.384 e. The van der Waals surface area contributed by atoms with Crippen LogP contribution < -0.4 is 5.32 Å². The van der Waals surface area contributed by atoms with E-state index in [9.17, 15) is 0 Å². The molecule has 0 amide bonds. The van der Waals surface area contributed by atoms with Gasteiger partial charge in [-0.2, -0.15) is 0 Å². The van der Waals surface area contributed by atoms with Gasteiger partial charge in [0.05, 0.1) is 0 Å². The van der Waals surface area contributed by atoms with E-state index in [2.05, 4.69) is 70.6 Å². The van der Waals surface area contributed by atoms with Crippen molar-refractivity contribution in [1.29, 1.82) is 0 Å². The molecule has 2 heteroatoms. The Labute approximate surface area is 116 Å². The van der Waals surface area contributed by atoms with Gasteiger partial charge in [0.25, 0.3) is 0 Å². The molecule has 0 heterocycles. The van der Waals surface area contributed by atoms with Gasteiger partial charge in [0.1, 0.15) is 0 Å². The molecule has 1 aliphatic rings. The minimum absolute atomic E-state index is 0.668. The van der Waals surface area contributed by atoms with Gasteiger partial charge in [-0.15, -0.1) is 0 Å². The zero-order valence-electron chi connectivity index (χ0n) is 10.4. The smallest absolute Gasteiger partial charge is 0.0351 e. The zero-order chi connectivity index (χ0) is 12.5. The summed E-state index contributed by atoms with van der Waals surface area (Å²) in [5.74, 6) is 0.668. The van der Waals surface area contributed by atoms with E-state index >= 15 is 0 Å². The molecule has 1 aliphatic carbocycles. The SMILES string of the molecule is Cc1ccc(NCC2Cc3ccccc32)cc1Br. The van der Waals surface area contributed by atoms with E-state index in [4.69, 9.17) is 0 Å². The summed E-state index contributed by atoms with van der Waals surface area (Å²) in [7, 11) is 0. The molecule has 2 aromatic carbocycles. The van der Waals surface area contributed by atoms with Gasteiger partial charge >= 0.3 is 0 Å². The predicted molar refractivity (Wildman–Crippen MR) is 80.3 cm³/mol. The number of rotatable bonds is 3. The van der Waals surface area contributed by atoms with Crippen molar-refractivity contribution in [3.8, 4) is 0 Å². The molecular weight excluding hydrogens is 286 g/mol. The van der Waals surface area contributed by atoms with Gasteiger partial charge < -0.3 is 5.32 Å². The molecule has 2 aromatic rings. The van der Waals surface area contributed by atoms with E-state index in [0.29, 0.717) is 5.92 Å². The number of hydrogen-bond acceptors (Lipinski definition) is 1. The third-order valence-electron chi connectivity index (χ3n) is 3.69. The lowest BCUT2D eigenvalue weighted by Crippen LogP contribution is -2.24. The van der Waals surface area contributed by atoms with Crippen molar-refractivity contribution in [1.82, 2.24) is 0 Å². The molecular formula is C16H16BrN. The summed E-state index contributed by atoms with van der Waals surface area (Å²) in [6, 6.07) is 15.2. The highest BCUT2D eigenvalue weighted by molar-refractivity contribution is 9.10. The number of fused-ring (bicyclic) bond motifs is 1. The summed E-state index contributed by atoms with van der Waals surface area (Å²) >= 11 is 3.57. The maximum atomic E-state index is 3.57. The van der Waals surface area contributed by atoms with Crippen molar-refractivity contribution in [3.63, 3.8) is 0 Å². The third-order valence-corrected chi connectivity index (χ3v) is 4.54. The molecule has 1 N–H and O–H groups in total. The molecule has 18 heavy (non-hydrogen) atoms. The van der Waals surface area contributed by atoms with Crippen LogP contribution in [0.15, 0.2) is 46.9 Å². The first-order valence-electron chi connectivity index (χ1n) is 6.32. The maximum absolute atomic E-state index is 3.57. The van der Waals surface area contributed by atoms with Gasteiger partial charge in [0.15, 0.2) is 0 Å². The highest BCUT2D eigenvalue weighted by atomic mass is 79.9. The van der Waals surface area contributed by atoms with Crippen molar-refractivity contribution in [2.75, 3.05) is 11.9 Å². The molecule has 3 rings (SSSR count). The number of aryl methyl sites for hydroxylation is 1. The van der Waals surface area contributed by atoms with E-state index < -0.39 is 0 Å². The van der Waals surface area contributed by atoms with Crippen LogP contribution in [0.25, 0.3) is 0 Å². The second-order valence-corrected chi connectivity index (χ2v) is 5.80. The van der Waals surface area contributed by atoms with Crippen LogP contribution in [0.5, 0.6) is 0 Å². The van der Waals surface area contributed by atoms with Gasteiger partial charge in [-0.3, -0.25) is 0 Å². The Hall–Kier alpha value is -1.28. The van der Waals surface area contributed by atoms with E-state index in [-0.39, 0.29) is 0 Å². The second-order valence-electron chi connectivity index (χ2n) is 4.94. The molecule has 92 valence electrons. The van der Waals surface area contributed by atoms with Crippen LogP contribution in [0.4, 0.5) is 5.69 Å². The monoisotopic (exact) mass is 301 g/mol. The fourth-order valence-corrected chi connectivity index (χ4v) is 2.87. The van der Waals surface area contributed by atoms with Crippen molar-refractivity contribution >= 4 is 21.6 Å². The topological polar surface area (TPSA) is 12.0 Å². The summed E-state index contributed by atoms with van der Waals surface area (Å²) in [4.78, 5) is 0. The quantitative estimate of drug-likeness (QED) is 0.879. The lowest BCUT2D eigenvalue weighted by Gasteiger charge is -2.30. The first kappa shape index (κ1) is 11.8. The number of nitrogens with one attached hydrogen (secondary N) is 1. The zero-order valence-corrected chi connectivity index (χ0v) is 12.0. The van der Waals surface area contributed by atoms with E-state index in [0.717, 1.165) is 6.54 Å². The molecule has 1 atom stereocenters. The Bertz CT molecular complexity index is 577. The van der Waals surface area contributed by atoms with Crippen LogP contribution in [0.3, 0.4) is 0 Å². The van der Waals surface area contributed by atoms with Gasteiger partial charge in [-0.1, -0.05) is 46.3 Å². The number of hydrogen-bond donors (Lipinski definition) is 1. The van der Waals surface area contributed by atoms with Crippen LogP contribution in [0.2, 0.25) is 0 Å². The number of halogens is 1. The van der Waals surface area contributed by atoms with Crippen LogP contribution >= 0.6 is 15.9 Å². The van der Waals surface area contributed by atoms with Gasteiger partial charge in [0, 0.05) is 22.6 Å². The van der Waals surface area contributed by atoms with Crippen LogP contribution in [-0.4, -0.2) is 6.54 Å². The summed E-state index contributed by atoms with van der Waals surface area (Å²) < 4.78 is 1.17. The van der Waals surface area contributed by atoms with Gasteiger partial charge in [-0.05, 0) is 42.2 Å². The average molecular weight is 302 g/mol. The summed E-state index contributed by atoms with van der Waals surface area (Å²) in [6.07, 6.45) is 1.20. The lowest BCUT2D eigenvalue weighted by molar-refractivity contribution is 0.636. The van der Waals surface area contributed by atoms with E-state index in [1.807, 2.05) is 0 Å². The fourth-order valence-electron chi connectivity index (χ4n) is 2.49. The maximum Gasteiger partial charge on any atom is 0.0351 e. The first-order chi connectivity index (χ1) is 8.74. The standard InChI is InChI=1S/C16H16BrN/c1-11-6-7-14(9-16(11)17)18-10-13-8-12-4-2-3-5-15(12)13/h2-7,9,13,18H,8,10H2,1H3. The molecule has 0 aliphatic heterocycles. The highest BCUT2D eigenvalue weighted by Gasteiger charge is 2.24. The molecule has 0 fully saturated rings. The largest absolute Gasteiger partial charge is 0.384 e. The van der Waals surface area contributed by atoms with Crippen LogP contribution in [0.1, 0.15) is 22.6 Å². The third kappa shape index (κ3) is 2.17.